The lowest BCUT2D eigenvalue weighted by atomic mass is 10.1. The van der Waals surface area contributed by atoms with Crippen LogP contribution in [0.5, 0.6) is 5.75 Å². The van der Waals surface area contributed by atoms with Crippen molar-refractivity contribution in [1.29, 1.82) is 0 Å². The molecule has 2 aliphatic heterocycles. The summed E-state index contributed by atoms with van der Waals surface area (Å²) < 4.78 is 32.8. The fraction of sp³-hybridized carbons (Fsp3) is 0.375. The molecule has 2 fully saturated rings. The molecule has 5 rings (SSSR count). The summed E-state index contributed by atoms with van der Waals surface area (Å²) in [6.45, 7) is 4.17. The molecular weight excluding hydrogens is 526 g/mol. The van der Waals surface area contributed by atoms with Crippen molar-refractivity contribution in [2.24, 2.45) is 0 Å². The van der Waals surface area contributed by atoms with Crippen LogP contribution in [0.2, 0.25) is 0 Å². The number of nitrogens with zero attached hydrogens (tertiary/aromatic N) is 3. The van der Waals surface area contributed by atoms with Crippen LogP contribution in [0.4, 0.5) is 8.78 Å². The second-order valence-corrected chi connectivity index (χ2v) is 10.7. The number of methoxy groups -OCH3 is 1. The predicted molar refractivity (Wildman–Crippen MR) is 152 cm³/mol. The van der Waals surface area contributed by atoms with Gasteiger partial charge in [-0.25, -0.2) is 8.78 Å². The van der Waals surface area contributed by atoms with Gasteiger partial charge in [-0.1, -0.05) is 24.3 Å². The Balaban J connectivity index is 1.45. The second kappa shape index (κ2) is 13.2. The summed E-state index contributed by atoms with van der Waals surface area (Å²) in [7, 11) is 1.62. The normalized spacial score (nSPS) is 19.3. The zero-order valence-electron chi connectivity index (χ0n) is 23.3. The van der Waals surface area contributed by atoms with Gasteiger partial charge in [0.2, 0.25) is 5.91 Å². The van der Waals surface area contributed by atoms with E-state index >= 15 is 0 Å². The second-order valence-electron chi connectivity index (χ2n) is 10.7. The molecule has 7 nitrogen and oxygen atoms in total. The number of amides is 2. The maximum atomic E-state index is 13.9. The van der Waals surface area contributed by atoms with Crippen molar-refractivity contribution >= 4 is 11.8 Å². The summed E-state index contributed by atoms with van der Waals surface area (Å²) in [4.78, 5) is 33.4. The van der Waals surface area contributed by atoms with E-state index in [2.05, 4.69) is 10.2 Å². The smallest absolute Gasteiger partial charge is 0.254 e. The summed E-state index contributed by atoms with van der Waals surface area (Å²) >= 11 is 0. The highest BCUT2D eigenvalue weighted by molar-refractivity contribution is 5.98. The zero-order valence-corrected chi connectivity index (χ0v) is 23.3. The van der Waals surface area contributed by atoms with Crippen molar-refractivity contribution < 1.29 is 23.1 Å². The average Bonchev–Trinajstić information content (AvgIpc) is 3.25. The highest BCUT2D eigenvalue weighted by Gasteiger charge is 2.43. The molecule has 2 atom stereocenters. The molecule has 0 aromatic heterocycles. The van der Waals surface area contributed by atoms with Gasteiger partial charge in [0, 0.05) is 50.9 Å². The zero-order chi connectivity index (χ0) is 28.8. The molecule has 0 bridgehead atoms. The van der Waals surface area contributed by atoms with E-state index in [1.807, 2.05) is 29.2 Å². The molecule has 2 saturated heterocycles. The molecular formula is C32H36F2N4O3. The summed E-state index contributed by atoms with van der Waals surface area (Å²) in [6, 6.07) is 18.9. The quantitative estimate of drug-likeness (QED) is 0.448. The van der Waals surface area contributed by atoms with Gasteiger partial charge in [-0.15, -0.1) is 0 Å². The van der Waals surface area contributed by atoms with Gasteiger partial charge in [0.15, 0.2) is 0 Å². The number of carbonyl (C=O) groups excluding carboxylic acids is 2. The van der Waals surface area contributed by atoms with Crippen LogP contribution in [0.25, 0.3) is 0 Å². The van der Waals surface area contributed by atoms with E-state index in [1.54, 1.807) is 24.1 Å². The fourth-order valence-electron chi connectivity index (χ4n) is 5.72. The standard InChI is InChI=1S/C32H36F2N4O3/c1-41-29-5-2-4-24(18-29)21-37(20-23-6-10-26(33)11-7-23)28-19-30(32(40)36-16-3-14-35-15-17-36)38(22-28)31(39)25-8-12-27(34)13-9-25/h2,4-13,18,28,30,35H,3,14-17,19-22H2,1H3. The van der Waals surface area contributed by atoms with Crippen molar-refractivity contribution in [2.45, 2.75) is 38.0 Å². The summed E-state index contributed by atoms with van der Waals surface area (Å²) in [5.41, 5.74) is 2.30. The molecule has 2 heterocycles. The Morgan fingerprint density at radius 1 is 0.927 bits per heavy atom. The summed E-state index contributed by atoms with van der Waals surface area (Å²) in [5, 5.41) is 3.33. The molecule has 2 unspecified atom stereocenters. The first-order valence-corrected chi connectivity index (χ1v) is 14.1. The van der Waals surface area contributed by atoms with E-state index in [0.29, 0.717) is 51.3 Å². The molecule has 41 heavy (non-hydrogen) atoms. The van der Waals surface area contributed by atoms with Crippen LogP contribution in [-0.2, 0) is 17.9 Å². The Morgan fingerprint density at radius 3 is 2.37 bits per heavy atom. The lowest BCUT2D eigenvalue weighted by Crippen LogP contribution is -2.48. The van der Waals surface area contributed by atoms with Crippen molar-refractivity contribution in [2.75, 3.05) is 39.8 Å². The maximum Gasteiger partial charge on any atom is 0.254 e. The lowest BCUT2D eigenvalue weighted by Gasteiger charge is -2.29. The summed E-state index contributed by atoms with van der Waals surface area (Å²) in [6.07, 6.45) is 1.31. The molecule has 2 amide bonds. The van der Waals surface area contributed by atoms with Gasteiger partial charge < -0.3 is 19.9 Å². The Hall–Kier alpha value is -3.82. The first-order valence-electron chi connectivity index (χ1n) is 14.1. The van der Waals surface area contributed by atoms with Crippen LogP contribution in [0.15, 0.2) is 72.8 Å². The molecule has 0 aliphatic carbocycles. The molecule has 1 N–H and O–H groups in total. The average molecular weight is 563 g/mol. The first kappa shape index (κ1) is 28.7. The number of nitrogens with one attached hydrogen (secondary N) is 1. The third kappa shape index (κ3) is 7.10. The van der Waals surface area contributed by atoms with Crippen LogP contribution >= 0.6 is 0 Å². The Labute approximate surface area is 239 Å². The highest BCUT2D eigenvalue weighted by Crippen LogP contribution is 2.29. The van der Waals surface area contributed by atoms with E-state index in [9.17, 15) is 18.4 Å². The molecule has 9 heteroatoms. The van der Waals surface area contributed by atoms with Crippen LogP contribution in [0.3, 0.4) is 0 Å². The van der Waals surface area contributed by atoms with Gasteiger partial charge in [0.05, 0.1) is 7.11 Å². The van der Waals surface area contributed by atoms with Gasteiger partial charge in [-0.2, -0.15) is 0 Å². The molecule has 0 spiro atoms. The SMILES string of the molecule is COc1cccc(CN(Cc2ccc(F)cc2)C2CC(C(=O)N3CCCNCC3)N(C(=O)c3ccc(F)cc3)C2)c1. The predicted octanol–water partition coefficient (Wildman–Crippen LogP) is 4.08. The van der Waals surface area contributed by atoms with Gasteiger partial charge in [-0.05, 0) is 79.0 Å². The minimum atomic E-state index is -0.642. The molecule has 0 radical (unpaired) electrons. The van der Waals surface area contributed by atoms with Crippen LogP contribution in [-0.4, -0.2) is 78.4 Å². The topological polar surface area (TPSA) is 65.1 Å². The van der Waals surface area contributed by atoms with Crippen molar-refractivity contribution in [3.8, 4) is 5.75 Å². The van der Waals surface area contributed by atoms with E-state index < -0.39 is 11.9 Å². The lowest BCUT2D eigenvalue weighted by molar-refractivity contribution is -0.135. The van der Waals surface area contributed by atoms with E-state index in [0.717, 1.165) is 29.8 Å². The van der Waals surface area contributed by atoms with Gasteiger partial charge >= 0.3 is 0 Å². The largest absolute Gasteiger partial charge is 0.497 e. The summed E-state index contributed by atoms with van der Waals surface area (Å²) in [5.74, 6) is -0.333. The Morgan fingerprint density at radius 2 is 1.63 bits per heavy atom. The number of ether oxygens (including phenoxy) is 1. The third-order valence-electron chi connectivity index (χ3n) is 7.90. The van der Waals surface area contributed by atoms with Crippen molar-refractivity contribution in [3.05, 3.63) is 101 Å². The first-order chi connectivity index (χ1) is 19.9. The number of rotatable bonds is 8. The van der Waals surface area contributed by atoms with Crippen molar-refractivity contribution in [1.82, 2.24) is 20.0 Å². The van der Waals surface area contributed by atoms with Crippen LogP contribution < -0.4 is 10.1 Å². The molecule has 3 aromatic carbocycles. The van der Waals surface area contributed by atoms with Gasteiger partial charge in [-0.3, -0.25) is 14.5 Å². The van der Waals surface area contributed by atoms with Crippen LogP contribution in [0, 0.1) is 11.6 Å². The number of likely N-dealkylation sites (tertiary alicyclic amines) is 1. The molecule has 2 aliphatic rings. The van der Waals surface area contributed by atoms with Crippen molar-refractivity contribution in [3.63, 3.8) is 0 Å². The Bertz CT molecular complexity index is 1330. The molecule has 3 aromatic rings. The third-order valence-corrected chi connectivity index (χ3v) is 7.90. The number of halogens is 2. The number of carbonyl (C=O) groups is 2. The number of benzene rings is 3. The highest BCUT2D eigenvalue weighted by atomic mass is 19.1. The molecule has 216 valence electrons. The van der Waals surface area contributed by atoms with E-state index in [1.165, 1.54) is 36.4 Å². The minimum Gasteiger partial charge on any atom is -0.497 e. The van der Waals surface area contributed by atoms with E-state index in [4.69, 9.17) is 4.74 Å². The van der Waals surface area contributed by atoms with Gasteiger partial charge in [0.1, 0.15) is 23.4 Å². The fourth-order valence-corrected chi connectivity index (χ4v) is 5.72. The monoisotopic (exact) mass is 562 g/mol. The van der Waals surface area contributed by atoms with Gasteiger partial charge in [0.25, 0.3) is 5.91 Å². The molecule has 0 saturated carbocycles. The van der Waals surface area contributed by atoms with Crippen LogP contribution in [0.1, 0.15) is 34.3 Å². The minimum absolute atomic E-state index is 0.0604. The van der Waals surface area contributed by atoms with E-state index in [-0.39, 0.29) is 23.7 Å². The maximum absolute atomic E-state index is 13.9. The number of hydrogen-bond donors (Lipinski definition) is 1. The Kier molecular flexibility index (Phi) is 9.26. The number of hydrogen-bond acceptors (Lipinski definition) is 5.